The van der Waals surface area contributed by atoms with E-state index < -0.39 is 0 Å². The van der Waals surface area contributed by atoms with Crippen molar-refractivity contribution in [3.8, 4) is 0 Å². The molecule has 0 saturated heterocycles. The Morgan fingerprint density at radius 1 is 1.50 bits per heavy atom. The molecule has 0 radical (unpaired) electrons. The Labute approximate surface area is 75.3 Å². The van der Waals surface area contributed by atoms with Crippen LogP contribution in [0.5, 0.6) is 0 Å². The van der Waals surface area contributed by atoms with Crippen LogP contribution in [-0.2, 0) is 0 Å². The molecule has 44 valence electrons. The summed E-state index contributed by atoms with van der Waals surface area (Å²) in [6.07, 6.45) is 1.76. The summed E-state index contributed by atoms with van der Waals surface area (Å²) in [6, 6.07) is 6.92. The van der Waals surface area contributed by atoms with Gasteiger partial charge in [0.05, 0.1) is 0 Å². The van der Waals surface area contributed by atoms with E-state index in [0.717, 1.165) is 10.2 Å². The first-order valence-corrected chi connectivity index (χ1v) is 3.55. The maximum Gasteiger partial charge on any atom is 1.00 e. The van der Waals surface area contributed by atoms with E-state index in [1.807, 2.05) is 17.5 Å². The average Bonchev–Trinajstić information content (AvgIpc) is 2.33. The molecule has 0 aliphatic rings. The Kier molecular flexibility index (Phi) is 2.50. The van der Waals surface area contributed by atoms with Crippen LogP contribution in [0.25, 0.3) is 10.2 Å². The van der Waals surface area contributed by atoms with Gasteiger partial charge in [0.1, 0.15) is 0 Å². The Bertz CT molecular complexity index is 288. The standard InChI is InChI=1S/C7H4NS.Li/c1-2-7-6(8-4-1)3-5-9-7;/h1,3-5H;/q-1;+1. The molecule has 0 amide bonds. The number of aromatic nitrogens is 1. The molecule has 0 aliphatic carbocycles. The third-order valence-electron chi connectivity index (χ3n) is 1.15. The van der Waals surface area contributed by atoms with Gasteiger partial charge >= 0.3 is 18.9 Å². The molecule has 2 rings (SSSR count). The zero-order valence-electron chi connectivity index (χ0n) is 5.66. The third-order valence-corrected chi connectivity index (χ3v) is 1.98. The van der Waals surface area contributed by atoms with Gasteiger partial charge in [-0.25, -0.2) is 0 Å². The van der Waals surface area contributed by atoms with Crippen molar-refractivity contribution >= 4 is 21.6 Å². The fourth-order valence-electron chi connectivity index (χ4n) is 0.743. The molecule has 0 unspecified atom stereocenters. The van der Waals surface area contributed by atoms with Crippen molar-refractivity contribution in [2.75, 3.05) is 0 Å². The van der Waals surface area contributed by atoms with Crippen molar-refractivity contribution in [3.63, 3.8) is 0 Å². The van der Waals surface area contributed by atoms with Gasteiger partial charge in [-0.05, 0) is 10.9 Å². The summed E-state index contributed by atoms with van der Waals surface area (Å²) < 4.78 is 1.14. The topological polar surface area (TPSA) is 12.9 Å². The molecular formula is C7H4LiNS. The van der Waals surface area contributed by atoms with Crippen molar-refractivity contribution in [2.45, 2.75) is 0 Å². The van der Waals surface area contributed by atoms with Crippen LogP contribution in [0.15, 0.2) is 23.7 Å². The van der Waals surface area contributed by atoms with E-state index in [9.17, 15) is 0 Å². The van der Waals surface area contributed by atoms with Gasteiger partial charge in [0, 0.05) is 0 Å². The van der Waals surface area contributed by atoms with Gasteiger partial charge in [-0.3, -0.25) is 0 Å². The van der Waals surface area contributed by atoms with Gasteiger partial charge in [0.15, 0.2) is 0 Å². The normalized spacial score (nSPS) is 9.20. The quantitative estimate of drug-likeness (QED) is 0.342. The molecule has 0 spiro atoms. The molecular weight excluding hydrogens is 137 g/mol. The summed E-state index contributed by atoms with van der Waals surface area (Å²) in [5.41, 5.74) is 1.04. The molecule has 10 heavy (non-hydrogen) atoms. The van der Waals surface area contributed by atoms with E-state index in [1.54, 1.807) is 17.5 Å². The van der Waals surface area contributed by atoms with Crippen molar-refractivity contribution in [2.24, 2.45) is 0 Å². The minimum absolute atomic E-state index is 0. The molecule has 2 aromatic heterocycles. The first-order valence-electron chi connectivity index (χ1n) is 2.67. The van der Waals surface area contributed by atoms with Crippen LogP contribution in [0.4, 0.5) is 0 Å². The molecule has 3 heteroatoms. The number of thiophene rings is 1. The second-order valence-corrected chi connectivity index (χ2v) is 2.64. The molecule has 2 aromatic rings. The molecule has 2 heterocycles. The third kappa shape index (κ3) is 1.24. The van der Waals surface area contributed by atoms with Gasteiger partial charge in [-0.15, -0.1) is 0 Å². The number of rotatable bonds is 0. The predicted molar refractivity (Wildman–Crippen MR) is 38.5 cm³/mol. The summed E-state index contributed by atoms with van der Waals surface area (Å²) in [5, 5.41) is 2.02. The summed E-state index contributed by atoms with van der Waals surface area (Å²) in [5.74, 6) is 0. The van der Waals surface area contributed by atoms with Gasteiger partial charge in [0.2, 0.25) is 0 Å². The maximum atomic E-state index is 4.12. The monoisotopic (exact) mass is 141 g/mol. The molecule has 0 aliphatic heterocycles. The van der Waals surface area contributed by atoms with E-state index in [-0.39, 0.29) is 18.9 Å². The van der Waals surface area contributed by atoms with Crippen LogP contribution in [0.1, 0.15) is 0 Å². The van der Waals surface area contributed by atoms with Gasteiger partial charge < -0.3 is 4.98 Å². The minimum Gasteiger partial charge on any atom is -0.382 e. The van der Waals surface area contributed by atoms with Crippen LogP contribution < -0.4 is 18.9 Å². The number of hydrogen-bond donors (Lipinski definition) is 0. The van der Waals surface area contributed by atoms with E-state index in [2.05, 4.69) is 11.1 Å². The summed E-state index contributed by atoms with van der Waals surface area (Å²) in [7, 11) is 0. The van der Waals surface area contributed by atoms with E-state index in [1.165, 1.54) is 0 Å². The zero-order chi connectivity index (χ0) is 6.10. The zero-order valence-corrected chi connectivity index (χ0v) is 6.48. The van der Waals surface area contributed by atoms with E-state index in [0.29, 0.717) is 0 Å². The maximum absolute atomic E-state index is 4.12. The first-order chi connectivity index (χ1) is 4.47. The van der Waals surface area contributed by atoms with Crippen molar-refractivity contribution in [1.29, 1.82) is 0 Å². The van der Waals surface area contributed by atoms with E-state index in [4.69, 9.17) is 0 Å². The Balaban J connectivity index is 0.000000500. The van der Waals surface area contributed by atoms with Crippen molar-refractivity contribution in [3.05, 3.63) is 29.8 Å². The smallest absolute Gasteiger partial charge is 0.382 e. The largest absolute Gasteiger partial charge is 1.00 e. The van der Waals surface area contributed by atoms with Gasteiger partial charge in [0.25, 0.3) is 0 Å². The SMILES string of the molecule is [Li+].[c-]1ccnc2ccsc12. The van der Waals surface area contributed by atoms with Crippen molar-refractivity contribution < 1.29 is 18.9 Å². The average molecular weight is 141 g/mol. The van der Waals surface area contributed by atoms with Crippen LogP contribution in [0.2, 0.25) is 0 Å². The number of nitrogens with zero attached hydrogens (tertiary/aromatic N) is 1. The van der Waals surface area contributed by atoms with Crippen LogP contribution in [0, 0.1) is 6.07 Å². The summed E-state index contributed by atoms with van der Waals surface area (Å²) in [4.78, 5) is 4.12. The Hall–Kier alpha value is -0.293. The van der Waals surface area contributed by atoms with Crippen LogP contribution >= 0.6 is 11.3 Å². The van der Waals surface area contributed by atoms with Crippen LogP contribution in [0.3, 0.4) is 0 Å². The minimum atomic E-state index is 0. The number of fused-ring (bicyclic) bond motifs is 1. The van der Waals surface area contributed by atoms with Crippen LogP contribution in [-0.4, -0.2) is 4.98 Å². The van der Waals surface area contributed by atoms with Gasteiger partial charge in [-0.1, -0.05) is 17.0 Å². The fourth-order valence-corrected chi connectivity index (χ4v) is 1.45. The number of pyridine rings is 1. The second kappa shape index (κ2) is 3.20. The van der Waals surface area contributed by atoms with Crippen molar-refractivity contribution in [1.82, 2.24) is 4.98 Å². The first kappa shape index (κ1) is 7.81. The molecule has 0 aromatic carbocycles. The molecule has 0 atom stereocenters. The van der Waals surface area contributed by atoms with E-state index >= 15 is 0 Å². The fraction of sp³-hybridized carbons (Fsp3) is 0. The molecule has 1 nitrogen and oxygen atoms in total. The molecule has 0 saturated carbocycles. The molecule has 0 N–H and O–H groups in total. The predicted octanol–water partition coefficient (Wildman–Crippen LogP) is -0.900. The van der Waals surface area contributed by atoms with Gasteiger partial charge in [-0.2, -0.15) is 23.5 Å². The summed E-state index contributed by atoms with van der Waals surface area (Å²) >= 11 is 1.67. The second-order valence-electron chi connectivity index (χ2n) is 1.72. The Morgan fingerprint density at radius 3 is 3.20 bits per heavy atom. The summed E-state index contributed by atoms with van der Waals surface area (Å²) in [6.45, 7) is 0. The molecule has 0 fully saturated rings. The Morgan fingerprint density at radius 2 is 2.40 bits per heavy atom. The molecule has 0 bridgehead atoms. The number of hydrogen-bond acceptors (Lipinski definition) is 2.